The van der Waals surface area contributed by atoms with Crippen LogP contribution in [0.3, 0.4) is 0 Å². The summed E-state index contributed by atoms with van der Waals surface area (Å²) in [5.74, 6) is -0.287. The van der Waals surface area contributed by atoms with Crippen LogP contribution in [0, 0.1) is 13.8 Å². The van der Waals surface area contributed by atoms with Gasteiger partial charge in [0, 0.05) is 28.6 Å². The third-order valence-electron chi connectivity index (χ3n) is 4.77. The van der Waals surface area contributed by atoms with Crippen LogP contribution in [-0.2, 0) is 16.4 Å². The Balaban J connectivity index is 1.63. The smallest absolute Gasteiger partial charge is 0.251 e. The number of nitrogens with one attached hydrogen (secondary N) is 2. The van der Waals surface area contributed by atoms with Crippen molar-refractivity contribution in [1.82, 2.24) is 15.0 Å². The lowest BCUT2D eigenvalue weighted by atomic mass is 10.1. The topological polar surface area (TPSA) is 88.2 Å². The molecular formula is C24H29N3O3S2. The standard InChI is InChI=1S/C24H29N3O3S2/c1-16-6-11-20(32(29,30)27-24(3,4)5)14-21(16)23(28)25-13-12-18-7-9-19(10-8-18)22-15-31-17(2)26-22/h6-11,14-15,27H,12-13H2,1-5H3,(H,25,28). The molecule has 8 heteroatoms. The van der Waals surface area contributed by atoms with Crippen LogP contribution in [-0.4, -0.2) is 31.4 Å². The number of amides is 1. The van der Waals surface area contributed by atoms with Crippen molar-refractivity contribution in [3.05, 3.63) is 69.5 Å². The molecule has 1 heterocycles. The largest absolute Gasteiger partial charge is 0.352 e. The molecule has 0 atom stereocenters. The lowest BCUT2D eigenvalue weighted by molar-refractivity contribution is 0.0953. The van der Waals surface area contributed by atoms with Gasteiger partial charge in [0.25, 0.3) is 5.91 Å². The molecule has 0 aliphatic heterocycles. The summed E-state index contributed by atoms with van der Waals surface area (Å²) in [4.78, 5) is 17.3. The zero-order chi connectivity index (χ0) is 23.5. The molecule has 2 N–H and O–H groups in total. The van der Waals surface area contributed by atoms with E-state index in [2.05, 4.69) is 15.0 Å². The average molecular weight is 472 g/mol. The first-order valence-corrected chi connectivity index (χ1v) is 12.8. The molecule has 0 aliphatic rings. The number of thiazole rings is 1. The van der Waals surface area contributed by atoms with Gasteiger partial charge < -0.3 is 5.32 Å². The highest BCUT2D eigenvalue weighted by molar-refractivity contribution is 7.89. The molecule has 3 rings (SSSR count). The van der Waals surface area contributed by atoms with Crippen molar-refractivity contribution in [2.45, 2.75) is 51.5 Å². The lowest BCUT2D eigenvalue weighted by Crippen LogP contribution is -2.40. The average Bonchev–Trinajstić information content (AvgIpc) is 3.13. The number of rotatable bonds is 7. The summed E-state index contributed by atoms with van der Waals surface area (Å²) in [5, 5.41) is 5.98. The van der Waals surface area contributed by atoms with Crippen LogP contribution in [0.5, 0.6) is 0 Å². The van der Waals surface area contributed by atoms with Gasteiger partial charge in [-0.05, 0) is 64.3 Å². The second kappa shape index (κ2) is 9.52. The van der Waals surface area contributed by atoms with Gasteiger partial charge in [0.1, 0.15) is 0 Å². The van der Waals surface area contributed by atoms with Gasteiger partial charge in [-0.15, -0.1) is 11.3 Å². The zero-order valence-electron chi connectivity index (χ0n) is 19.0. The SMILES string of the molecule is Cc1nc(-c2ccc(CCNC(=O)c3cc(S(=O)(=O)NC(C)(C)C)ccc3C)cc2)cs1. The van der Waals surface area contributed by atoms with E-state index in [9.17, 15) is 13.2 Å². The third kappa shape index (κ3) is 6.25. The highest BCUT2D eigenvalue weighted by Gasteiger charge is 2.23. The number of hydrogen-bond donors (Lipinski definition) is 2. The summed E-state index contributed by atoms with van der Waals surface area (Å²) in [6.07, 6.45) is 0.671. The fourth-order valence-corrected chi connectivity index (χ4v) is 5.29. The fourth-order valence-electron chi connectivity index (χ4n) is 3.23. The predicted octanol–water partition coefficient (Wildman–Crippen LogP) is 4.48. The van der Waals surface area contributed by atoms with E-state index >= 15 is 0 Å². The van der Waals surface area contributed by atoms with Crippen molar-refractivity contribution in [1.29, 1.82) is 0 Å². The van der Waals surface area contributed by atoms with E-state index in [1.165, 1.54) is 12.1 Å². The first-order valence-electron chi connectivity index (χ1n) is 10.4. The Morgan fingerprint density at radius 2 is 1.75 bits per heavy atom. The number of carbonyl (C=O) groups excluding carboxylic acids is 1. The van der Waals surface area contributed by atoms with Crippen LogP contribution in [0.15, 0.2) is 52.7 Å². The van der Waals surface area contributed by atoms with Gasteiger partial charge in [-0.25, -0.2) is 18.1 Å². The predicted molar refractivity (Wildman–Crippen MR) is 130 cm³/mol. The monoisotopic (exact) mass is 471 g/mol. The Labute approximate surface area is 194 Å². The molecule has 0 aliphatic carbocycles. The molecule has 0 spiro atoms. The minimum atomic E-state index is -3.71. The molecular weight excluding hydrogens is 442 g/mol. The molecule has 1 amide bonds. The van der Waals surface area contributed by atoms with Crippen LogP contribution < -0.4 is 10.0 Å². The van der Waals surface area contributed by atoms with Gasteiger partial charge in [-0.3, -0.25) is 4.79 Å². The zero-order valence-corrected chi connectivity index (χ0v) is 20.7. The van der Waals surface area contributed by atoms with Crippen LogP contribution in [0.1, 0.15) is 47.3 Å². The van der Waals surface area contributed by atoms with E-state index in [-0.39, 0.29) is 10.8 Å². The Bertz CT molecular complexity index is 1210. The number of hydrogen-bond acceptors (Lipinski definition) is 5. The van der Waals surface area contributed by atoms with E-state index in [4.69, 9.17) is 0 Å². The van der Waals surface area contributed by atoms with Gasteiger partial charge in [0.15, 0.2) is 0 Å². The molecule has 0 bridgehead atoms. The molecule has 0 unspecified atom stereocenters. The molecule has 0 saturated carbocycles. The number of nitrogens with zero attached hydrogens (tertiary/aromatic N) is 1. The second-order valence-corrected chi connectivity index (χ2v) is 11.5. The number of sulfonamides is 1. The molecule has 0 fully saturated rings. The number of carbonyl (C=O) groups is 1. The number of aromatic nitrogens is 1. The van der Waals surface area contributed by atoms with Crippen LogP contribution in [0.2, 0.25) is 0 Å². The van der Waals surface area contributed by atoms with Gasteiger partial charge in [0.2, 0.25) is 10.0 Å². The summed E-state index contributed by atoms with van der Waals surface area (Å²) in [7, 11) is -3.71. The quantitative estimate of drug-likeness (QED) is 0.532. The van der Waals surface area contributed by atoms with Gasteiger partial charge in [-0.1, -0.05) is 30.3 Å². The first-order chi connectivity index (χ1) is 14.9. The molecule has 2 aromatic carbocycles. The second-order valence-electron chi connectivity index (χ2n) is 8.79. The maximum absolute atomic E-state index is 12.7. The molecule has 170 valence electrons. The van der Waals surface area contributed by atoms with Crippen LogP contribution in [0.25, 0.3) is 11.3 Å². The Kier molecular flexibility index (Phi) is 7.17. The van der Waals surface area contributed by atoms with Gasteiger partial charge in [0.05, 0.1) is 15.6 Å². The van der Waals surface area contributed by atoms with Crippen molar-refractivity contribution in [2.75, 3.05) is 6.54 Å². The minimum Gasteiger partial charge on any atom is -0.352 e. The highest BCUT2D eigenvalue weighted by atomic mass is 32.2. The number of benzene rings is 2. The molecule has 0 saturated heterocycles. The fraction of sp³-hybridized carbons (Fsp3) is 0.333. The Morgan fingerprint density at radius 3 is 2.34 bits per heavy atom. The van der Waals surface area contributed by atoms with Crippen molar-refractivity contribution in [2.24, 2.45) is 0 Å². The summed E-state index contributed by atoms with van der Waals surface area (Å²) < 4.78 is 27.9. The molecule has 32 heavy (non-hydrogen) atoms. The number of aryl methyl sites for hydroxylation is 2. The van der Waals surface area contributed by atoms with E-state index in [1.807, 2.05) is 36.6 Å². The normalized spacial score (nSPS) is 12.0. The van der Waals surface area contributed by atoms with E-state index < -0.39 is 15.6 Å². The minimum absolute atomic E-state index is 0.0797. The summed E-state index contributed by atoms with van der Waals surface area (Å²) in [6, 6.07) is 12.7. The van der Waals surface area contributed by atoms with Crippen molar-refractivity contribution >= 4 is 27.3 Å². The van der Waals surface area contributed by atoms with E-state index in [0.717, 1.165) is 27.4 Å². The molecule has 1 aromatic heterocycles. The summed E-state index contributed by atoms with van der Waals surface area (Å²) in [5.41, 5.74) is 3.61. The molecule has 6 nitrogen and oxygen atoms in total. The van der Waals surface area contributed by atoms with Gasteiger partial charge in [-0.2, -0.15) is 0 Å². The summed E-state index contributed by atoms with van der Waals surface area (Å²) in [6.45, 7) is 9.55. The molecule has 3 aromatic rings. The first kappa shape index (κ1) is 24.1. The van der Waals surface area contributed by atoms with E-state index in [1.54, 1.807) is 45.1 Å². The summed E-state index contributed by atoms with van der Waals surface area (Å²) >= 11 is 1.62. The Hall–Kier alpha value is -2.55. The van der Waals surface area contributed by atoms with E-state index in [0.29, 0.717) is 18.5 Å². The van der Waals surface area contributed by atoms with Crippen LogP contribution in [0.4, 0.5) is 0 Å². The lowest BCUT2D eigenvalue weighted by Gasteiger charge is -2.20. The van der Waals surface area contributed by atoms with Crippen molar-refractivity contribution in [3.8, 4) is 11.3 Å². The van der Waals surface area contributed by atoms with Crippen LogP contribution >= 0.6 is 11.3 Å². The maximum atomic E-state index is 12.7. The third-order valence-corrected chi connectivity index (χ3v) is 7.30. The highest BCUT2D eigenvalue weighted by Crippen LogP contribution is 2.22. The molecule has 0 radical (unpaired) electrons. The van der Waals surface area contributed by atoms with Gasteiger partial charge >= 0.3 is 0 Å². The van der Waals surface area contributed by atoms with Crippen molar-refractivity contribution < 1.29 is 13.2 Å². The Morgan fingerprint density at radius 1 is 1.06 bits per heavy atom. The maximum Gasteiger partial charge on any atom is 0.251 e. The van der Waals surface area contributed by atoms with Crippen molar-refractivity contribution in [3.63, 3.8) is 0 Å².